The van der Waals surface area contributed by atoms with Gasteiger partial charge in [0.2, 0.25) is 0 Å². The molecule has 18 heavy (non-hydrogen) atoms. The molecular weight excluding hydrogens is 281 g/mol. The molecule has 0 aliphatic carbocycles. The molecule has 5 N–H and O–H groups in total. The van der Waals surface area contributed by atoms with E-state index in [0.717, 1.165) is 0 Å². The first-order valence-corrected chi connectivity index (χ1v) is 5.62. The first-order valence-electron chi connectivity index (χ1n) is 4.86. The summed E-state index contributed by atoms with van der Waals surface area (Å²) in [5, 5.41) is 11.8. The summed E-state index contributed by atoms with van der Waals surface area (Å²) in [4.78, 5) is 22.9. The van der Waals surface area contributed by atoms with Crippen LogP contribution in [-0.4, -0.2) is 29.6 Å². The van der Waals surface area contributed by atoms with Crippen LogP contribution in [0.1, 0.15) is 10.4 Å². The summed E-state index contributed by atoms with van der Waals surface area (Å²) in [5.74, 6) is 3.63. The topological polar surface area (TPSA) is 104 Å². The van der Waals surface area contributed by atoms with Crippen LogP contribution in [0, 0.1) is 0 Å². The summed E-state index contributed by atoms with van der Waals surface area (Å²) in [6, 6.07) is 3.12. The minimum Gasteiger partial charge on any atom is -0.394 e. The molecule has 1 atom stereocenters. The van der Waals surface area contributed by atoms with Crippen LogP contribution in [0.3, 0.4) is 0 Å². The van der Waals surface area contributed by atoms with Gasteiger partial charge < -0.3 is 10.4 Å². The van der Waals surface area contributed by atoms with E-state index in [9.17, 15) is 9.59 Å². The van der Waals surface area contributed by atoms with Crippen LogP contribution < -0.4 is 16.6 Å². The number of rotatable bonds is 4. The fourth-order valence-electron chi connectivity index (χ4n) is 1.17. The van der Waals surface area contributed by atoms with Crippen LogP contribution in [0.4, 0.5) is 0 Å². The van der Waals surface area contributed by atoms with E-state index < -0.39 is 24.5 Å². The number of aliphatic hydroxyl groups is 1. The number of nitrogens with one attached hydrogen (secondary N) is 2. The monoisotopic (exact) mass is 291 g/mol. The molecule has 8 heteroatoms. The van der Waals surface area contributed by atoms with Crippen molar-refractivity contribution in [2.24, 2.45) is 5.84 Å². The summed E-state index contributed by atoms with van der Waals surface area (Å²) in [6.07, 6.45) is 0. The number of hydrogen-bond acceptors (Lipinski definition) is 4. The van der Waals surface area contributed by atoms with Crippen LogP contribution in [-0.2, 0) is 4.79 Å². The second-order valence-electron chi connectivity index (χ2n) is 3.35. The molecule has 2 amide bonds. The maximum atomic E-state index is 11.8. The zero-order chi connectivity index (χ0) is 13.7. The van der Waals surface area contributed by atoms with Crippen LogP contribution >= 0.6 is 23.2 Å². The lowest BCUT2D eigenvalue weighted by Crippen LogP contribution is -2.50. The number of carbonyl (C=O) groups excluding carboxylic acids is 2. The molecule has 0 fully saturated rings. The van der Waals surface area contributed by atoms with Crippen molar-refractivity contribution in [3.8, 4) is 0 Å². The summed E-state index contributed by atoms with van der Waals surface area (Å²) in [7, 11) is 0. The van der Waals surface area contributed by atoms with E-state index in [-0.39, 0.29) is 10.6 Å². The Morgan fingerprint density at radius 1 is 1.33 bits per heavy atom. The van der Waals surface area contributed by atoms with Gasteiger partial charge in [0.15, 0.2) is 0 Å². The highest BCUT2D eigenvalue weighted by atomic mass is 35.5. The standard InChI is InChI=1S/C10H11Cl2N3O3/c11-6-2-1-5(3-7(6)12)9(17)14-8(4-16)10(18)15-13/h1-3,8,16H,4,13H2,(H,14,17)(H,15,18)/t8-/m0/s1. The van der Waals surface area contributed by atoms with Gasteiger partial charge in [-0.1, -0.05) is 23.2 Å². The van der Waals surface area contributed by atoms with Gasteiger partial charge in [-0.3, -0.25) is 15.0 Å². The minimum absolute atomic E-state index is 0.215. The van der Waals surface area contributed by atoms with Crippen molar-refractivity contribution >= 4 is 35.0 Å². The number of hydrogen-bond donors (Lipinski definition) is 4. The Balaban J connectivity index is 2.81. The van der Waals surface area contributed by atoms with Gasteiger partial charge in [-0.05, 0) is 18.2 Å². The van der Waals surface area contributed by atoms with Gasteiger partial charge in [0, 0.05) is 5.56 Å². The van der Waals surface area contributed by atoms with Gasteiger partial charge in [0.25, 0.3) is 11.8 Å². The minimum atomic E-state index is -1.13. The third kappa shape index (κ3) is 3.58. The molecule has 0 radical (unpaired) electrons. The Labute approximate surface area is 113 Å². The third-order valence-electron chi connectivity index (χ3n) is 2.13. The van der Waals surface area contributed by atoms with Crippen molar-refractivity contribution in [2.75, 3.05) is 6.61 Å². The molecule has 0 saturated heterocycles. The predicted molar refractivity (Wildman–Crippen MR) is 67.1 cm³/mol. The normalized spacial score (nSPS) is 11.8. The van der Waals surface area contributed by atoms with Crippen LogP contribution in [0.15, 0.2) is 18.2 Å². The number of benzene rings is 1. The molecule has 1 rings (SSSR count). The van der Waals surface area contributed by atoms with Gasteiger partial charge in [-0.15, -0.1) is 0 Å². The van der Waals surface area contributed by atoms with Crippen molar-refractivity contribution < 1.29 is 14.7 Å². The molecule has 98 valence electrons. The summed E-state index contributed by atoms with van der Waals surface area (Å²) >= 11 is 11.5. The lowest BCUT2D eigenvalue weighted by molar-refractivity contribution is -0.123. The number of nitrogens with two attached hydrogens (primary N) is 1. The zero-order valence-corrected chi connectivity index (χ0v) is 10.6. The quantitative estimate of drug-likeness (QED) is 0.358. The fourth-order valence-corrected chi connectivity index (χ4v) is 1.47. The second-order valence-corrected chi connectivity index (χ2v) is 4.16. The Kier molecular flexibility index (Phi) is 5.36. The van der Waals surface area contributed by atoms with Gasteiger partial charge in [0.05, 0.1) is 16.7 Å². The van der Waals surface area contributed by atoms with E-state index >= 15 is 0 Å². The molecule has 0 heterocycles. The van der Waals surface area contributed by atoms with Crippen LogP contribution in [0.2, 0.25) is 10.0 Å². The average Bonchev–Trinajstić information content (AvgIpc) is 2.37. The number of amides is 2. The average molecular weight is 292 g/mol. The Morgan fingerprint density at radius 2 is 2.00 bits per heavy atom. The second kappa shape index (κ2) is 6.55. The third-order valence-corrected chi connectivity index (χ3v) is 2.87. The lowest BCUT2D eigenvalue weighted by Gasteiger charge is -2.14. The maximum absolute atomic E-state index is 11.8. The molecule has 0 bridgehead atoms. The van der Waals surface area contributed by atoms with Gasteiger partial charge >= 0.3 is 0 Å². The van der Waals surface area contributed by atoms with E-state index in [4.69, 9.17) is 34.2 Å². The summed E-state index contributed by atoms with van der Waals surface area (Å²) in [5.41, 5.74) is 2.05. The first kappa shape index (κ1) is 14.7. The molecule has 6 nitrogen and oxygen atoms in total. The van der Waals surface area contributed by atoms with Gasteiger partial charge in [-0.25, -0.2) is 5.84 Å². The highest BCUT2D eigenvalue weighted by Crippen LogP contribution is 2.22. The predicted octanol–water partition coefficient (Wildman–Crippen LogP) is 0.0740. The molecule has 1 aromatic rings. The fraction of sp³-hybridized carbons (Fsp3) is 0.200. The van der Waals surface area contributed by atoms with Crippen LogP contribution in [0.25, 0.3) is 0 Å². The Bertz CT molecular complexity index is 468. The van der Waals surface area contributed by atoms with E-state index in [1.807, 2.05) is 5.43 Å². The number of halogens is 2. The van der Waals surface area contributed by atoms with Gasteiger partial charge in [0.1, 0.15) is 6.04 Å². The largest absolute Gasteiger partial charge is 0.394 e. The molecule has 0 aliphatic rings. The van der Waals surface area contributed by atoms with Crippen molar-refractivity contribution in [1.29, 1.82) is 0 Å². The highest BCUT2D eigenvalue weighted by molar-refractivity contribution is 6.42. The van der Waals surface area contributed by atoms with Crippen LogP contribution in [0.5, 0.6) is 0 Å². The highest BCUT2D eigenvalue weighted by Gasteiger charge is 2.19. The van der Waals surface area contributed by atoms with Crippen molar-refractivity contribution in [1.82, 2.24) is 10.7 Å². The molecule has 0 aliphatic heterocycles. The number of carbonyl (C=O) groups is 2. The summed E-state index contributed by atoms with van der Waals surface area (Å²) < 4.78 is 0. The number of hydrazine groups is 1. The SMILES string of the molecule is NNC(=O)[C@H](CO)NC(=O)c1ccc(Cl)c(Cl)c1. The Hall–Kier alpha value is -1.34. The van der Waals surface area contributed by atoms with E-state index in [0.29, 0.717) is 5.02 Å². The van der Waals surface area contributed by atoms with Crippen molar-refractivity contribution in [3.63, 3.8) is 0 Å². The molecular formula is C10H11Cl2N3O3. The smallest absolute Gasteiger partial charge is 0.258 e. The van der Waals surface area contributed by atoms with E-state index in [2.05, 4.69) is 5.32 Å². The van der Waals surface area contributed by atoms with E-state index in [1.54, 1.807) is 0 Å². The molecule has 0 unspecified atom stereocenters. The Morgan fingerprint density at radius 3 is 2.50 bits per heavy atom. The maximum Gasteiger partial charge on any atom is 0.258 e. The zero-order valence-electron chi connectivity index (χ0n) is 9.11. The first-order chi connectivity index (χ1) is 8.49. The van der Waals surface area contributed by atoms with Crippen molar-refractivity contribution in [3.05, 3.63) is 33.8 Å². The number of aliphatic hydroxyl groups excluding tert-OH is 1. The molecule has 0 aromatic heterocycles. The lowest BCUT2D eigenvalue weighted by atomic mass is 10.2. The van der Waals surface area contributed by atoms with E-state index in [1.165, 1.54) is 18.2 Å². The molecule has 0 saturated carbocycles. The molecule has 1 aromatic carbocycles. The summed E-state index contributed by atoms with van der Waals surface area (Å²) in [6.45, 7) is -0.573. The molecule has 0 spiro atoms. The van der Waals surface area contributed by atoms with Gasteiger partial charge in [-0.2, -0.15) is 0 Å². The van der Waals surface area contributed by atoms with Crippen molar-refractivity contribution in [2.45, 2.75) is 6.04 Å².